The van der Waals surface area contributed by atoms with Crippen molar-refractivity contribution in [2.75, 3.05) is 17.8 Å². The summed E-state index contributed by atoms with van der Waals surface area (Å²) in [7, 11) is 0. The predicted molar refractivity (Wildman–Crippen MR) is 105 cm³/mol. The van der Waals surface area contributed by atoms with E-state index in [2.05, 4.69) is 9.62 Å². The van der Waals surface area contributed by atoms with Gasteiger partial charge in [0.2, 0.25) is 0 Å². The quantitative estimate of drug-likeness (QED) is 0.728. The second-order valence-corrected chi connectivity index (χ2v) is 8.20. The molecule has 0 saturated carbocycles. The number of benzene rings is 2. The first-order valence-corrected chi connectivity index (χ1v) is 10.5. The zero-order valence-electron chi connectivity index (χ0n) is 15.6. The van der Waals surface area contributed by atoms with Crippen LogP contribution in [0.15, 0.2) is 42.5 Å². The minimum absolute atomic E-state index is 0.0578. The Morgan fingerprint density at radius 1 is 1.07 bits per heavy atom. The van der Waals surface area contributed by atoms with Gasteiger partial charge >= 0.3 is 0 Å². The smallest absolute Gasteiger partial charge is 0.259 e. The number of rotatable bonds is 5. The number of nitrogens with one attached hydrogen (secondary N) is 1. The Bertz CT molecular complexity index is 907. The highest BCUT2D eigenvalue weighted by Crippen LogP contribution is 2.32. The Morgan fingerprint density at radius 2 is 1.66 bits per heavy atom. The summed E-state index contributed by atoms with van der Waals surface area (Å²) < 4.78 is 48.9. The molecule has 3 unspecified atom stereocenters. The number of nitrogens with zero attached hydrogens (tertiary/aromatic N) is 2. The molecule has 6 nitrogen and oxygen atoms in total. The summed E-state index contributed by atoms with van der Waals surface area (Å²) in [6, 6.07) is 10.1. The van der Waals surface area contributed by atoms with Crippen LogP contribution >= 0.6 is 0 Å². The van der Waals surface area contributed by atoms with Crippen molar-refractivity contribution in [1.82, 2.24) is 9.80 Å². The van der Waals surface area contributed by atoms with E-state index in [1.54, 1.807) is 24.3 Å². The molecule has 2 bridgehead atoms. The minimum Gasteiger partial charge on any atom is -0.330 e. The van der Waals surface area contributed by atoms with Crippen molar-refractivity contribution in [3.05, 3.63) is 65.2 Å². The molecular weight excluding hydrogens is 400 g/mol. The highest BCUT2D eigenvalue weighted by Gasteiger charge is 2.42. The van der Waals surface area contributed by atoms with Gasteiger partial charge in [-0.25, -0.2) is 13.0 Å². The molecule has 2 aromatic rings. The van der Waals surface area contributed by atoms with E-state index in [1.165, 1.54) is 12.1 Å². The summed E-state index contributed by atoms with van der Waals surface area (Å²) in [5.74, 6) is -1.23. The summed E-state index contributed by atoms with van der Waals surface area (Å²) >= 11 is -2.16. The number of likely N-dealkylation sites (tertiary alicyclic amines) is 1. The van der Waals surface area contributed by atoms with E-state index in [0.717, 1.165) is 18.9 Å². The standard InChI is InChI=1S/C20H21F2N3O3S/c21-15-7-13(8-16(22)9-15)10-24-11-18-5-6-19(12-24)25(18)20(26)14-1-3-17(4-2-14)23-29(27)28/h1-4,7-9,18-19,23H,5-6,10-12H2,(H,27,28). The fraction of sp³-hybridized carbons (Fsp3) is 0.350. The lowest BCUT2D eigenvalue weighted by Gasteiger charge is -2.41. The third-order valence-corrected chi connectivity index (χ3v) is 5.87. The van der Waals surface area contributed by atoms with Gasteiger partial charge in [-0.3, -0.25) is 19.0 Å². The molecular formula is C20H21F2N3O3S. The van der Waals surface area contributed by atoms with Gasteiger partial charge < -0.3 is 4.90 Å². The molecule has 2 aliphatic rings. The molecule has 0 radical (unpaired) electrons. The average molecular weight is 421 g/mol. The van der Waals surface area contributed by atoms with Gasteiger partial charge in [0.05, 0.1) is 0 Å². The van der Waals surface area contributed by atoms with Crippen molar-refractivity contribution >= 4 is 22.9 Å². The van der Waals surface area contributed by atoms with E-state index in [1.807, 2.05) is 4.90 Å². The molecule has 29 heavy (non-hydrogen) atoms. The molecule has 4 rings (SSSR count). The molecule has 3 atom stereocenters. The van der Waals surface area contributed by atoms with Crippen molar-refractivity contribution < 1.29 is 22.3 Å². The first-order chi connectivity index (χ1) is 13.9. The molecule has 2 fully saturated rings. The van der Waals surface area contributed by atoms with E-state index < -0.39 is 22.9 Å². The van der Waals surface area contributed by atoms with Crippen LogP contribution in [0.2, 0.25) is 0 Å². The van der Waals surface area contributed by atoms with Crippen molar-refractivity contribution in [3.8, 4) is 0 Å². The first-order valence-electron chi connectivity index (χ1n) is 9.36. The monoisotopic (exact) mass is 421 g/mol. The minimum atomic E-state index is -2.16. The Balaban J connectivity index is 1.43. The molecule has 0 spiro atoms. The fourth-order valence-electron chi connectivity index (χ4n) is 4.34. The molecule has 2 heterocycles. The summed E-state index contributed by atoms with van der Waals surface area (Å²) in [5, 5.41) is 0. The van der Waals surface area contributed by atoms with Crippen LogP contribution in [0.5, 0.6) is 0 Å². The highest BCUT2D eigenvalue weighted by molar-refractivity contribution is 7.80. The molecule has 2 aromatic carbocycles. The van der Waals surface area contributed by atoms with Gasteiger partial charge in [-0.2, -0.15) is 0 Å². The first kappa shape index (κ1) is 19.9. The second-order valence-electron chi connectivity index (χ2n) is 7.50. The number of fused-ring (bicyclic) bond motifs is 2. The van der Waals surface area contributed by atoms with E-state index in [-0.39, 0.29) is 18.0 Å². The van der Waals surface area contributed by atoms with E-state index in [0.29, 0.717) is 36.4 Å². The maximum atomic E-state index is 13.5. The normalized spacial score (nSPS) is 22.5. The molecule has 2 saturated heterocycles. The van der Waals surface area contributed by atoms with Crippen LogP contribution in [-0.4, -0.2) is 49.6 Å². The average Bonchev–Trinajstić information content (AvgIpc) is 2.91. The topological polar surface area (TPSA) is 72.9 Å². The van der Waals surface area contributed by atoms with Crippen molar-refractivity contribution in [1.29, 1.82) is 0 Å². The number of anilines is 1. The maximum Gasteiger partial charge on any atom is 0.259 e. The molecule has 154 valence electrons. The molecule has 2 aliphatic heterocycles. The second kappa shape index (κ2) is 8.17. The van der Waals surface area contributed by atoms with Crippen molar-refractivity contribution in [2.45, 2.75) is 31.5 Å². The molecule has 2 N–H and O–H groups in total. The zero-order chi connectivity index (χ0) is 20.5. The van der Waals surface area contributed by atoms with Gasteiger partial charge in [-0.1, -0.05) is 0 Å². The Morgan fingerprint density at radius 3 is 2.21 bits per heavy atom. The van der Waals surface area contributed by atoms with Gasteiger partial charge in [-0.05, 0) is 54.8 Å². The van der Waals surface area contributed by atoms with Gasteiger partial charge in [0.1, 0.15) is 11.6 Å². The zero-order valence-corrected chi connectivity index (χ0v) is 16.4. The van der Waals surface area contributed by atoms with Gasteiger partial charge in [0.25, 0.3) is 17.2 Å². The van der Waals surface area contributed by atoms with Crippen molar-refractivity contribution in [2.24, 2.45) is 0 Å². The van der Waals surface area contributed by atoms with Crippen LogP contribution < -0.4 is 4.72 Å². The number of carbonyl (C=O) groups is 1. The molecule has 9 heteroatoms. The van der Waals surface area contributed by atoms with Gasteiger partial charge in [-0.15, -0.1) is 0 Å². The Kier molecular flexibility index (Phi) is 5.62. The summed E-state index contributed by atoms with van der Waals surface area (Å²) in [4.78, 5) is 17.1. The lowest BCUT2D eigenvalue weighted by atomic mass is 10.1. The number of hydrogen-bond donors (Lipinski definition) is 2. The predicted octanol–water partition coefficient (Wildman–Crippen LogP) is 3.00. The number of amides is 1. The van der Waals surface area contributed by atoms with Gasteiger partial charge in [0.15, 0.2) is 0 Å². The Labute approximate surface area is 169 Å². The summed E-state index contributed by atoms with van der Waals surface area (Å²) in [5.41, 5.74) is 1.57. The largest absolute Gasteiger partial charge is 0.330 e. The number of piperazine rings is 1. The summed E-state index contributed by atoms with van der Waals surface area (Å²) in [6.45, 7) is 1.76. The van der Waals surface area contributed by atoms with Crippen LogP contribution in [0.1, 0.15) is 28.8 Å². The van der Waals surface area contributed by atoms with Crippen LogP contribution in [0, 0.1) is 11.6 Å². The van der Waals surface area contributed by atoms with Gasteiger partial charge in [0, 0.05) is 49.0 Å². The van der Waals surface area contributed by atoms with E-state index >= 15 is 0 Å². The van der Waals surface area contributed by atoms with Crippen LogP contribution in [-0.2, 0) is 17.8 Å². The number of hydrogen-bond acceptors (Lipinski definition) is 3. The fourth-order valence-corrected chi connectivity index (χ4v) is 4.68. The lowest BCUT2D eigenvalue weighted by molar-refractivity contribution is 0.0405. The highest BCUT2D eigenvalue weighted by atomic mass is 32.2. The van der Waals surface area contributed by atoms with E-state index in [4.69, 9.17) is 4.55 Å². The van der Waals surface area contributed by atoms with Crippen LogP contribution in [0.3, 0.4) is 0 Å². The van der Waals surface area contributed by atoms with Crippen LogP contribution in [0.4, 0.5) is 14.5 Å². The van der Waals surface area contributed by atoms with Crippen LogP contribution in [0.25, 0.3) is 0 Å². The Hall–Kier alpha value is -2.36. The maximum absolute atomic E-state index is 13.5. The molecule has 0 aliphatic carbocycles. The molecule has 0 aromatic heterocycles. The van der Waals surface area contributed by atoms with E-state index in [9.17, 15) is 17.8 Å². The number of carbonyl (C=O) groups excluding carboxylic acids is 1. The molecule has 1 amide bonds. The third kappa shape index (κ3) is 4.47. The number of halogens is 2. The van der Waals surface area contributed by atoms with Crippen molar-refractivity contribution in [3.63, 3.8) is 0 Å². The lowest BCUT2D eigenvalue weighted by Crippen LogP contribution is -2.55. The SMILES string of the molecule is O=C(c1ccc(NS(=O)O)cc1)N1C2CCC1CN(Cc1cc(F)cc(F)c1)C2. The third-order valence-electron chi connectivity index (χ3n) is 5.46. The summed E-state index contributed by atoms with van der Waals surface area (Å²) in [6.07, 6.45) is 1.79.